The number of fused-ring (bicyclic) bond motifs is 1. The van der Waals surface area contributed by atoms with Crippen molar-refractivity contribution in [1.29, 1.82) is 0 Å². The molecule has 7 nitrogen and oxygen atoms in total. The summed E-state index contributed by atoms with van der Waals surface area (Å²) in [7, 11) is 1.62. The minimum absolute atomic E-state index is 0.220. The number of carbonyl (C=O) groups excluding carboxylic acids is 1. The van der Waals surface area contributed by atoms with E-state index >= 15 is 0 Å². The summed E-state index contributed by atoms with van der Waals surface area (Å²) in [5.74, 6) is 0.928. The number of methoxy groups -OCH3 is 1. The van der Waals surface area contributed by atoms with Crippen LogP contribution in [-0.4, -0.2) is 30.9 Å². The highest BCUT2D eigenvalue weighted by atomic mass is 32.1. The number of ether oxygens (including phenoxy) is 3. The van der Waals surface area contributed by atoms with Crippen LogP contribution < -0.4 is 24.4 Å². The third-order valence-electron chi connectivity index (χ3n) is 5.84. The van der Waals surface area contributed by atoms with Crippen LogP contribution in [0.2, 0.25) is 0 Å². The fourth-order valence-electron chi connectivity index (χ4n) is 4.09. The Morgan fingerprint density at radius 2 is 1.89 bits per heavy atom. The van der Waals surface area contributed by atoms with Gasteiger partial charge in [0.2, 0.25) is 0 Å². The minimum atomic E-state index is -0.673. The Labute approximate surface area is 213 Å². The molecular formula is C28H28N2O5S. The molecule has 8 heteroatoms. The monoisotopic (exact) mass is 504 g/mol. The minimum Gasteiger partial charge on any atom is -0.497 e. The zero-order valence-electron chi connectivity index (χ0n) is 20.7. The standard InChI is InChI=1S/C28H28N2O5S/c1-6-14-35-21-11-8-19(9-12-21)25-24(27(32)34-7-2)18(4)29-28-30(25)26(31)23(36-28)16-20-10-13-22(33-5)15-17(20)3/h6,8-13,15-16,25H,1,7,14H2,2-5H3/b23-16-/t25-/m0/s1. The smallest absolute Gasteiger partial charge is 0.338 e. The quantitative estimate of drug-likeness (QED) is 0.345. The van der Waals surface area contributed by atoms with Crippen LogP contribution in [0.1, 0.15) is 36.6 Å². The van der Waals surface area contributed by atoms with E-state index < -0.39 is 12.0 Å². The van der Waals surface area contributed by atoms with Gasteiger partial charge in [0, 0.05) is 0 Å². The highest BCUT2D eigenvalue weighted by Crippen LogP contribution is 2.31. The molecule has 186 valence electrons. The van der Waals surface area contributed by atoms with Gasteiger partial charge in [0.1, 0.15) is 18.1 Å². The molecule has 36 heavy (non-hydrogen) atoms. The molecule has 1 atom stereocenters. The Kier molecular flexibility index (Phi) is 7.55. The van der Waals surface area contributed by atoms with Gasteiger partial charge in [0.15, 0.2) is 4.80 Å². The van der Waals surface area contributed by atoms with Crippen LogP contribution in [0.4, 0.5) is 0 Å². The number of aryl methyl sites for hydroxylation is 1. The van der Waals surface area contributed by atoms with E-state index in [1.54, 1.807) is 31.6 Å². The molecule has 2 heterocycles. The van der Waals surface area contributed by atoms with Gasteiger partial charge in [-0.3, -0.25) is 9.36 Å². The second-order valence-corrected chi connectivity index (χ2v) is 9.20. The third-order valence-corrected chi connectivity index (χ3v) is 6.83. The Hall–Kier alpha value is -3.91. The SMILES string of the molecule is C=CCOc1ccc([C@H]2C(C(=O)OCC)=C(C)N=c3s/c(=C\c4ccc(OC)cc4C)c(=O)n32)cc1. The van der Waals surface area contributed by atoms with Gasteiger partial charge < -0.3 is 14.2 Å². The number of nitrogens with zero attached hydrogens (tertiary/aromatic N) is 2. The Morgan fingerprint density at radius 3 is 2.53 bits per heavy atom. The summed E-state index contributed by atoms with van der Waals surface area (Å²) in [5, 5.41) is 0. The summed E-state index contributed by atoms with van der Waals surface area (Å²) in [5.41, 5.74) is 3.29. The largest absolute Gasteiger partial charge is 0.497 e. The van der Waals surface area contributed by atoms with Crippen molar-refractivity contribution in [3.8, 4) is 11.5 Å². The molecule has 4 rings (SSSR count). The normalized spacial score (nSPS) is 15.2. The summed E-state index contributed by atoms with van der Waals surface area (Å²) >= 11 is 1.29. The Balaban J connectivity index is 1.88. The van der Waals surface area contributed by atoms with E-state index in [4.69, 9.17) is 14.2 Å². The fraction of sp³-hybridized carbons (Fsp3) is 0.250. The van der Waals surface area contributed by atoms with Gasteiger partial charge in [-0.05, 0) is 67.8 Å². The number of thiazole rings is 1. The summed E-state index contributed by atoms with van der Waals surface area (Å²) < 4.78 is 18.3. The summed E-state index contributed by atoms with van der Waals surface area (Å²) in [6, 6.07) is 12.4. The predicted octanol–water partition coefficient (Wildman–Crippen LogP) is 3.68. The van der Waals surface area contributed by atoms with E-state index in [-0.39, 0.29) is 12.2 Å². The molecule has 0 spiro atoms. The van der Waals surface area contributed by atoms with Gasteiger partial charge >= 0.3 is 5.97 Å². The van der Waals surface area contributed by atoms with Crippen molar-refractivity contribution in [3.05, 3.63) is 103 Å². The second kappa shape index (κ2) is 10.8. The summed E-state index contributed by atoms with van der Waals surface area (Å²) in [6.07, 6.45) is 3.52. The molecule has 0 saturated carbocycles. The third kappa shape index (κ3) is 4.90. The number of hydrogen-bond acceptors (Lipinski definition) is 7. The van der Waals surface area contributed by atoms with Crippen LogP contribution in [0.5, 0.6) is 11.5 Å². The van der Waals surface area contributed by atoms with Crippen molar-refractivity contribution in [2.24, 2.45) is 4.99 Å². The lowest BCUT2D eigenvalue weighted by atomic mass is 9.96. The van der Waals surface area contributed by atoms with Crippen LogP contribution >= 0.6 is 11.3 Å². The van der Waals surface area contributed by atoms with Crippen molar-refractivity contribution in [2.45, 2.75) is 26.8 Å². The van der Waals surface area contributed by atoms with E-state index in [1.165, 1.54) is 11.3 Å². The first kappa shape index (κ1) is 25.2. The molecule has 0 bridgehead atoms. The number of esters is 1. The zero-order valence-corrected chi connectivity index (χ0v) is 21.6. The van der Waals surface area contributed by atoms with Crippen molar-refractivity contribution in [1.82, 2.24) is 4.57 Å². The van der Waals surface area contributed by atoms with Crippen molar-refractivity contribution >= 4 is 23.4 Å². The van der Waals surface area contributed by atoms with Gasteiger partial charge in [0.25, 0.3) is 5.56 Å². The molecule has 2 aromatic carbocycles. The van der Waals surface area contributed by atoms with Crippen LogP contribution in [-0.2, 0) is 9.53 Å². The van der Waals surface area contributed by atoms with Gasteiger partial charge in [-0.1, -0.05) is 42.2 Å². The predicted molar refractivity (Wildman–Crippen MR) is 140 cm³/mol. The summed E-state index contributed by atoms with van der Waals surface area (Å²) in [4.78, 5) is 31.9. The molecule has 1 aliphatic rings. The van der Waals surface area contributed by atoms with Gasteiger partial charge in [-0.2, -0.15) is 0 Å². The van der Waals surface area contributed by atoms with E-state index in [2.05, 4.69) is 11.6 Å². The van der Waals surface area contributed by atoms with E-state index in [1.807, 2.05) is 55.5 Å². The maximum atomic E-state index is 13.7. The number of hydrogen-bond donors (Lipinski definition) is 0. The van der Waals surface area contributed by atoms with Gasteiger partial charge in [-0.25, -0.2) is 9.79 Å². The molecule has 0 amide bonds. The van der Waals surface area contributed by atoms with Gasteiger partial charge in [0.05, 0.1) is 35.6 Å². The molecule has 0 radical (unpaired) electrons. The molecule has 0 unspecified atom stereocenters. The average Bonchev–Trinajstić information content (AvgIpc) is 3.17. The zero-order chi connectivity index (χ0) is 25.8. The van der Waals surface area contributed by atoms with E-state index in [0.717, 1.165) is 22.4 Å². The van der Waals surface area contributed by atoms with Crippen LogP contribution in [0, 0.1) is 6.92 Å². The lowest BCUT2D eigenvalue weighted by Crippen LogP contribution is -2.39. The molecule has 0 aliphatic carbocycles. The molecule has 3 aromatic rings. The molecule has 1 aromatic heterocycles. The van der Waals surface area contributed by atoms with E-state index in [9.17, 15) is 9.59 Å². The molecule has 0 saturated heterocycles. The molecule has 1 aliphatic heterocycles. The number of carbonyl (C=O) groups is 1. The Bertz CT molecular complexity index is 1510. The van der Waals surface area contributed by atoms with Crippen LogP contribution in [0.25, 0.3) is 6.08 Å². The molecular weight excluding hydrogens is 476 g/mol. The fourth-order valence-corrected chi connectivity index (χ4v) is 5.12. The topological polar surface area (TPSA) is 79.1 Å². The number of aromatic nitrogens is 1. The van der Waals surface area contributed by atoms with Crippen molar-refractivity contribution < 1.29 is 19.0 Å². The Morgan fingerprint density at radius 1 is 1.17 bits per heavy atom. The first-order valence-electron chi connectivity index (χ1n) is 11.6. The number of benzene rings is 2. The molecule has 0 N–H and O–H groups in total. The lowest BCUT2D eigenvalue weighted by Gasteiger charge is -2.24. The average molecular weight is 505 g/mol. The summed E-state index contributed by atoms with van der Waals surface area (Å²) in [6.45, 7) is 9.75. The number of allylic oxidation sites excluding steroid dienone is 1. The van der Waals surface area contributed by atoms with Crippen molar-refractivity contribution in [3.63, 3.8) is 0 Å². The lowest BCUT2D eigenvalue weighted by molar-refractivity contribution is -0.139. The highest BCUT2D eigenvalue weighted by Gasteiger charge is 2.33. The molecule has 0 fully saturated rings. The maximum Gasteiger partial charge on any atom is 0.338 e. The van der Waals surface area contributed by atoms with Crippen LogP contribution in [0.3, 0.4) is 0 Å². The van der Waals surface area contributed by atoms with E-state index in [0.29, 0.717) is 33.0 Å². The first-order chi connectivity index (χ1) is 17.4. The van der Waals surface area contributed by atoms with Gasteiger partial charge in [-0.15, -0.1) is 0 Å². The van der Waals surface area contributed by atoms with Crippen LogP contribution in [0.15, 0.2) is 76.2 Å². The highest BCUT2D eigenvalue weighted by molar-refractivity contribution is 7.07. The maximum absolute atomic E-state index is 13.7. The van der Waals surface area contributed by atoms with Crippen molar-refractivity contribution in [2.75, 3.05) is 20.3 Å². The number of rotatable bonds is 8. The second-order valence-electron chi connectivity index (χ2n) is 8.19. The first-order valence-corrected chi connectivity index (χ1v) is 12.4.